The number of furan rings is 1. The lowest BCUT2D eigenvalue weighted by Gasteiger charge is -2.17. The fourth-order valence-corrected chi connectivity index (χ4v) is 3.01. The predicted octanol–water partition coefficient (Wildman–Crippen LogP) is 2.52. The average molecular weight is 378 g/mol. The van der Waals surface area contributed by atoms with E-state index in [1.807, 2.05) is 0 Å². The molecule has 0 amide bonds. The smallest absolute Gasteiger partial charge is 0.417 e. The normalized spacial score (nSPS) is 12.2. The maximum absolute atomic E-state index is 13.3. The highest BCUT2D eigenvalue weighted by molar-refractivity contribution is 7.89. The molecule has 0 aliphatic carbocycles. The number of aromatic carboxylic acids is 1. The standard InChI is InChI=1S/C14H13F3N2O5S/c1-18-25(22,23)12-5-9(13(20)21)11(6-10(12)14(15,16)17)19-7-8-3-2-4-24-8/h2-6,18-19H,7H2,1H3,(H,20,21). The minimum absolute atomic E-state index is 0.0807. The van der Waals surface area contributed by atoms with Gasteiger partial charge in [0.15, 0.2) is 0 Å². The van der Waals surface area contributed by atoms with Crippen molar-refractivity contribution in [3.63, 3.8) is 0 Å². The van der Waals surface area contributed by atoms with Crippen LogP contribution in [-0.2, 0) is 22.7 Å². The number of carboxylic acid groups (broad SMARTS) is 1. The van der Waals surface area contributed by atoms with Crippen LogP contribution in [0.2, 0.25) is 0 Å². The van der Waals surface area contributed by atoms with E-state index in [1.54, 1.807) is 10.8 Å². The minimum Gasteiger partial charge on any atom is -0.478 e. The van der Waals surface area contributed by atoms with Gasteiger partial charge in [0.05, 0.1) is 28.8 Å². The highest BCUT2D eigenvalue weighted by Gasteiger charge is 2.38. The first-order chi connectivity index (χ1) is 11.6. The van der Waals surface area contributed by atoms with Gasteiger partial charge >= 0.3 is 12.1 Å². The van der Waals surface area contributed by atoms with Crippen molar-refractivity contribution in [1.29, 1.82) is 0 Å². The van der Waals surface area contributed by atoms with Crippen LogP contribution in [0.4, 0.5) is 18.9 Å². The number of hydrogen-bond acceptors (Lipinski definition) is 5. The van der Waals surface area contributed by atoms with Crippen molar-refractivity contribution in [3.8, 4) is 0 Å². The van der Waals surface area contributed by atoms with Gasteiger partial charge < -0.3 is 14.8 Å². The van der Waals surface area contributed by atoms with E-state index in [4.69, 9.17) is 4.42 Å². The second kappa shape index (κ2) is 6.76. The molecule has 0 atom stereocenters. The zero-order chi connectivity index (χ0) is 18.8. The third kappa shape index (κ3) is 4.12. The number of benzene rings is 1. The third-order valence-corrected chi connectivity index (χ3v) is 4.70. The van der Waals surface area contributed by atoms with Crippen LogP contribution in [0.1, 0.15) is 21.7 Å². The molecule has 0 saturated carbocycles. The summed E-state index contributed by atoms with van der Waals surface area (Å²) in [5.41, 5.74) is -2.48. The van der Waals surface area contributed by atoms with Crippen LogP contribution >= 0.6 is 0 Å². The SMILES string of the molecule is CNS(=O)(=O)c1cc(C(=O)O)c(NCc2ccco2)cc1C(F)(F)F. The van der Waals surface area contributed by atoms with Crippen molar-refractivity contribution in [2.24, 2.45) is 0 Å². The van der Waals surface area contributed by atoms with E-state index in [1.165, 1.54) is 12.3 Å². The van der Waals surface area contributed by atoms with Gasteiger partial charge in [-0.3, -0.25) is 0 Å². The summed E-state index contributed by atoms with van der Waals surface area (Å²) in [6, 6.07) is 4.02. The Morgan fingerprint density at radius 3 is 2.48 bits per heavy atom. The van der Waals surface area contributed by atoms with Crippen LogP contribution in [0.15, 0.2) is 39.8 Å². The van der Waals surface area contributed by atoms with E-state index in [0.29, 0.717) is 17.9 Å². The lowest BCUT2D eigenvalue weighted by atomic mass is 10.1. The quantitative estimate of drug-likeness (QED) is 0.713. The maximum atomic E-state index is 13.3. The number of hydrogen-bond donors (Lipinski definition) is 3. The molecule has 0 bridgehead atoms. The van der Waals surface area contributed by atoms with Crippen molar-refractivity contribution in [3.05, 3.63) is 47.4 Å². The van der Waals surface area contributed by atoms with Crippen LogP contribution < -0.4 is 10.0 Å². The Bertz CT molecular complexity index is 877. The molecule has 11 heteroatoms. The lowest BCUT2D eigenvalue weighted by Crippen LogP contribution is -2.24. The van der Waals surface area contributed by atoms with Crippen molar-refractivity contribution in [1.82, 2.24) is 4.72 Å². The summed E-state index contributed by atoms with van der Waals surface area (Å²) in [4.78, 5) is 10.2. The molecular weight excluding hydrogens is 365 g/mol. The second-order valence-corrected chi connectivity index (χ2v) is 6.69. The van der Waals surface area contributed by atoms with Crippen molar-refractivity contribution in [2.45, 2.75) is 17.6 Å². The number of alkyl halides is 3. The number of sulfonamides is 1. The molecule has 0 aliphatic rings. The molecular formula is C14H13F3N2O5S. The Labute approximate surface area is 140 Å². The fraction of sp³-hybridized carbons (Fsp3) is 0.214. The molecule has 2 rings (SSSR count). The first-order valence-electron chi connectivity index (χ1n) is 6.74. The zero-order valence-corrected chi connectivity index (χ0v) is 13.5. The second-order valence-electron chi connectivity index (χ2n) is 4.84. The van der Waals surface area contributed by atoms with E-state index in [9.17, 15) is 31.5 Å². The van der Waals surface area contributed by atoms with E-state index in [0.717, 1.165) is 7.05 Å². The third-order valence-electron chi connectivity index (χ3n) is 3.25. The van der Waals surface area contributed by atoms with Crippen LogP contribution in [0.25, 0.3) is 0 Å². The molecule has 1 aromatic carbocycles. The van der Waals surface area contributed by atoms with E-state index >= 15 is 0 Å². The van der Waals surface area contributed by atoms with Gasteiger partial charge in [-0.15, -0.1) is 0 Å². The molecule has 0 fully saturated rings. The Morgan fingerprint density at radius 2 is 2.00 bits per heavy atom. The predicted molar refractivity (Wildman–Crippen MR) is 80.7 cm³/mol. The van der Waals surface area contributed by atoms with Gasteiger partial charge in [0, 0.05) is 5.69 Å². The first kappa shape index (κ1) is 18.8. The van der Waals surface area contributed by atoms with Gasteiger partial charge in [-0.25, -0.2) is 17.9 Å². The summed E-state index contributed by atoms with van der Waals surface area (Å²) in [5.74, 6) is -1.22. The van der Waals surface area contributed by atoms with Gasteiger partial charge in [0.1, 0.15) is 5.76 Å². The van der Waals surface area contributed by atoms with Crippen molar-refractivity contribution >= 4 is 21.7 Å². The van der Waals surface area contributed by atoms with Crippen molar-refractivity contribution < 1.29 is 35.9 Å². The van der Waals surface area contributed by atoms with E-state index < -0.39 is 38.2 Å². The van der Waals surface area contributed by atoms with Gasteiger partial charge in [0.2, 0.25) is 10.0 Å². The van der Waals surface area contributed by atoms with Crippen LogP contribution in [-0.4, -0.2) is 26.5 Å². The van der Waals surface area contributed by atoms with E-state index in [-0.39, 0.29) is 12.2 Å². The van der Waals surface area contributed by atoms with Gasteiger partial charge in [-0.2, -0.15) is 13.2 Å². The van der Waals surface area contributed by atoms with Crippen LogP contribution in [0, 0.1) is 0 Å². The van der Waals surface area contributed by atoms with Gasteiger partial charge in [-0.05, 0) is 31.3 Å². The summed E-state index contributed by atoms with van der Waals surface area (Å²) in [7, 11) is -3.59. The Balaban J connectivity index is 2.60. The number of carboxylic acids is 1. The average Bonchev–Trinajstić information content (AvgIpc) is 3.04. The summed E-state index contributed by atoms with van der Waals surface area (Å²) >= 11 is 0. The minimum atomic E-state index is -5.00. The number of carbonyl (C=O) groups is 1. The van der Waals surface area contributed by atoms with Crippen LogP contribution in [0.3, 0.4) is 0 Å². The Morgan fingerprint density at radius 1 is 1.32 bits per heavy atom. The summed E-state index contributed by atoms with van der Waals surface area (Å²) in [6.45, 7) is -0.0807. The monoisotopic (exact) mass is 378 g/mol. The Kier molecular flexibility index (Phi) is 5.09. The molecule has 0 unspecified atom stereocenters. The maximum Gasteiger partial charge on any atom is 0.417 e. The summed E-state index contributed by atoms with van der Waals surface area (Å²) in [6.07, 6.45) is -3.66. The summed E-state index contributed by atoms with van der Waals surface area (Å²) in [5, 5.41) is 11.7. The fourth-order valence-electron chi connectivity index (χ4n) is 2.05. The van der Waals surface area contributed by atoms with Gasteiger partial charge in [-0.1, -0.05) is 0 Å². The van der Waals surface area contributed by atoms with Crippen LogP contribution in [0.5, 0.6) is 0 Å². The molecule has 7 nitrogen and oxygen atoms in total. The van der Waals surface area contributed by atoms with Gasteiger partial charge in [0.25, 0.3) is 0 Å². The molecule has 0 spiro atoms. The molecule has 1 heterocycles. The zero-order valence-electron chi connectivity index (χ0n) is 12.7. The molecule has 2 aromatic rings. The number of anilines is 1. The number of nitrogens with one attached hydrogen (secondary N) is 2. The highest BCUT2D eigenvalue weighted by atomic mass is 32.2. The topological polar surface area (TPSA) is 109 Å². The molecule has 1 aromatic heterocycles. The largest absolute Gasteiger partial charge is 0.478 e. The highest BCUT2D eigenvalue weighted by Crippen LogP contribution is 2.37. The van der Waals surface area contributed by atoms with E-state index in [2.05, 4.69) is 5.32 Å². The Hall–Kier alpha value is -2.53. The van der Waals surface area contributed by atoms with Crippen molar-refractivity contribution in [2.75, 3.05) is 12.4 Å². The first-order valence-corrected chi connectivity index (χ1v) is 8.23. The molecule has 0 radical (unpaired) electrons. The number of rotatable bonds is 6. The molecule has 0 saturated heterocycles. The molecule has 25 heavy (non-hydrogen) atoms. The lowest BCUT2D eigenvalue weighted by molar-refractivity contribution is -0.139. The molecule has 3 N–H and O–H groups in total. The molecule has 136 valence electrons. The molecule has 0 aliphatic heterocycles. The number of halogens is 3. The summed E-state index contributed by atoms with van der Waals surface area (Å²) < 4.78 is 70.3.